The zero-order chi connectivity index (χ0) is 29.8. The van der Waals surface area contributed by atoms with Gasteiger partial charge in [0.2, 0.25) is 0 Å². The Bertz CT molecular complexity index is 650. The van der Waals surface area contributed by atoms with Crippen LogP contribution < -0.4 is 0 Å². The van der Waals surface area contributed by atoms with Gasteiger partial charge < -0.3 is 9.47 Å². The van der Waals surface area contributed by atoms with Gasteiger partial charge in [0.05, 0.1) is 6.61 Å². The highest BCUT2D eigenvalue weighted by molar-refractivity contribution is 6.00. The zero-order valence-electron chi connectivity index (χ0n) is 24.1. The molecule has 0 spiro atoms. The first-order valence-corrected chi connectivity index (χ1v) is 14.8. The maximum absolute atomic E-state index is 13.5. The molecule has 232 valence electrons. The molecule has 1 unspecified atom stereocenters. The Labute approximate surface area is 231 Å². The van der Waals surface area contributed by atoms with Crippen LogP contribution in [0.15, 0.2) is 0 Å². The Balaban J connectivity index is 4.12. The molecule has 10 heteroatoms. The number of esters is 2. The molecular weight excluding hydrogens is 526 g/mol. The summed E-state index contributed by atoms with van der Waals surface area (Å²) in [7, 11) is 0. The fourth-order valence-corrected chi connectivity index (χ4v) is 4.48. The molecule has 0 aliphatic carbocycles. The summed E-state index contributed by atoms with van der Waals surface area (Å²) in [6.45, 7) is 3.01. The van der Waals surface area contributed by atoms with Gasteiger partial charge in [-0.05, 0) is 19.3 Å². The predicted molar refractivity (Wildman–Crippen MR) is 140 cm³/mol. The minimum absolute atomic E-state index is 0.0308. The molecule has 0 saturated carbocycles. The summed E-state index contributed by atoms with van der Waals surface area (Å²) < 4.78 is 86.4. The summed E-state index contributed by atoms with van der Waals surface area (Å²) >= 11 is 0. The number of hydrogen-bond acceptors (Lipinski definition) is 4. The first kappa shape index (κ1) is 37.5. The standard InChI is InChI=1S/C29H50F6O4/c1-4-7-8-9-10-11-12-13-14-15-16-17-18-19-20-21-22-38-25(36)27(5-2,6-3)26(37)39-23-28(31,32)24(30)29(33,34)35/h24H,4-23H2,1-3H3. The number of halogens is 6. The third-order valence-corrected chi connectivity index (χ3v) is 7.27. The number of ether oxygens (including phenoxy) is 2. The van der Waals surface area contributed by atoms with Gasteiger partial charge in [0.15, 0.2) is 12.0 Å². The summed E-state index contributed by atoms with van der Waals surface area (Å²) in [6, 6.07) is 0. The molecule has 0 amide bonds. The zero-order valence-corrected chi connectivity index (χ0v) is 24.1. The smallest absolute Gasteiger partial charge is 0.425 e. The number of carbonyl (C=O) groups is 2. The van der Waals surface area contributed by atoms with Gasteiger partial charge in [-0.3, -0.25) is 9.59 Å². The van der Waals surface area contributed by atoms with Crippen LogP contribution in [0.5, 0.6) is 0 Å². The average molecular weight is 577 g/mol. The van der Waals surface area contributed by atoms with E-state index in [1.165, 1.54) is 84.5 Å². The highest BCUT2D eigenvalue weighted by Crippen LogP contribution is 2.36. The normalized spacial score (nSPS) is 13.4. The molecular formula is C29H50F6O4. The topological polar surface area (TPSA) is 52.6 Å². The third kappa shape index (κ3) is 15.2. The van der Waals surface area contributed by atoms with Crippen molar-refractivity contribution in [2.45, 2.75) is 155 Å². The lowest BCUT2D eigenvalue weighted by molar-refractivity contribution is -0.255. The van der Waals surface area contributed by atoms with Crippen molar-refractivity contribution in [2.24, 2.45) is 5.41 Å². The van der Waals surface area contributed by atoms with Crippen molar-refractivity contribution in [3.63, 3.8) is 0 Å². The minimum atomic E-state index is -5.81. The quantitative estimate of drug-likeness (QED) is 0.0497. The maximum atomic E-state index is 13.5. The van der Waals surface area contributed by atoms with Crippen LogP contribution in [-0.4, -0.2) is 43.4 Å². The van der Waals surface area contributed by atoms with Crippen molar-refractivity contribution in [2.75, 3.05) is 13.2 Å². The van der Waals surface area contributed by atoms with Crippen molar-refractivity contribution in [1.82, 2.24) is 0 Å². The number of unbranched alkanes of at least 4 members (excludes halogenated alkanes) is 15. The number of rotatable bonds is 24. The minimum Gasteiger partial charge on any atom is -0.465 e. The number of carbonyl (C=O) groups excluding carboxylic acids is 2. The van der Waals surface area contributed by atoms with Crippen molar-refractivity contribution in [3.05, 3.63) is 0 Å². The fourth-order valence-electron chi connectivity index (χ4n) is 4.48. The molecule has 0 rings (SSSR count). The van der Waals surface area contributed by atoms with Crippen LogP contribution in [0.25, 0.3) is 0 Å². The highest BCUT2D eigenvalue weighted by Gasteiger charge is 2.58. The number of hydrogen-bond donors (Lipinski definition) is 0. The third-order valence-electron chi connectivity index (χ3n) is 7.27. The van der Waals surface area contributed by atoms with Crippen LogP contribution in [0.2, 0.25) is 0 Å². The van der Waals surface area contributed by atoms with Crippen molar-refractivity contribution >= 4 is 11.9 Å². The molecule has 0 aromatic heterocycles. The van der Waals surface area contributed by atoms with Gasteiger partial charge >= 0.3 is 24.0 Å². The lowest BCUT2D eigenvalue weighted by atomic mass is 9.82. The second-order valence-electron chi connectivity index (χ2n) is 10.5. The van der Waals surface area contributed by atoms with Crippen LogP contribution >= 0.6 is 0 Å². The van der Waals surface area contributed by atoms with E-state index in [-0.39, 0.29) is 19.4 Å². The predicted octanol–water partition coefficient (Wildman–Crippen LogP) is 9.68. The Kier molecular flexibility index (Phi) is 19.6. The molecule has 0 bridgehead atoms. The summed E-state index contributed by atoms with van der Waals surface area (Å²) in [5.74, 6) is -7.40. The Morgan fingerprint density at radius 2 is 0.949 bits per heavy atom. The molecule has 0 radical (unpaired) electrons. The monoisotopic (exact) mass is 576 g/mol. The lowest BCUT2D eigenvalue weighted by Crippen LogP contribution is -2.47. The molecule has 1 atom stereocenters. The van der Waals surface area contributed by atoms with Gasteiger partial charge in [-0.25, -0.2) is 4.39 Å². The number of alkyl halides is 6. The Morgan fingerprint density at radius 1 is 0.590 bits per heavy atom. The molecule has 4 nitrogen and oxygen atoms in total. The van der Waals surface area contributed by atoms with Gasteiger partial charge in [-0.2, -0.15) is 22.0 Å². The molecule has 0 heterocycles. The van der Waals surface area contributed by atoms with E-state index in [1.807, 2.05) is 0 Å². The molecule has 0 saturated heterocycles. The molecule has 0 fully saturated rings. The Morgan fingerprint density at radius 3 is 1.31 bits per heavy atom. The molecule has 0 aliphatic heterocycles. The van der Waals surface area contributed by atoms with Gasteiger partial charge in [0.25, 0.3) is 6.17 Å². The lowest BCUT2D eigenvalue weighted by Gasteiger charge is -2.28. The largest absolute Gasteiger partial charge is 0.465 e. The molecule has 0 aliphatic rings. The van der Waals surface area contributed by atoms with Crippen molar-refractivity contribution in [3.8, 4) is 0 Å². The molecule has 0 aromatic rings. The van der Waals surface area contributed by atoms with Gasteiger partial charge in [-0.15, -0.1) is 0 Å². The van der Waals surface area contributed by atoms with Crippen molar-refractivity contribution < 1.29 is 45.4 Å². The molecule has 0 N–H and O–H groups in total. The van der Waals surface area contributed by atoms with E-state index in [1.54, 1.807) is 0 Å². The highest BCUT2D eigenvalue weighted by atomic mass is 19.4. The van der Waals surface area contributed by atoms with E-state index in [0.29, 0.717) is 6.42 Å². The second-order valence-corrected chi connectivity index (χ2v) is 10.5. The Hall–Kier alpha value is -1.48. The van der Waals surface area contributed by atoms with E-state index in [4.69, 9.17) is 4.74 Å². The second kappa shape index (κ2) is 20.4. The van der Waals surface area contributed by atoms with Crippen LogP contribution in [0.1, 0.15) is 136 Å². The van der Waals surface area contributed by atoms with E-state index >= 15 is 0 Å². The summed E-state index contributed by atoms with van der Waals surface area (Å²) in [5, 5.41) is 0. The summed E-state index contributed by atoms with van der Waals surface area (Å²) in [6.07, 6.45) is 8.33. The molecule has 0 aromatic carbocycles. The SMILES string of the molecule is CCCCCCCCCCCCCCCCCCOC(=O)C(CC)(CC)C(=O)OCC(F)(F)C(F)C(F)(F)F. The first-order chi connectivity index (χ1) is 18.4. The first-order valence-electron chi connectivity index (χ1n) is 14.8. The van der Waals surface area contributed by atoms with E-state index in [0.717, 1.165) is 25.7 Å². The average Bonchev–Trinajstić information content (AvgIpc) is 2.89. The van der Waals surface area contributed by atoms with E-state index in [2.05, 4.69) is 11.7 Å². The van der Waals surface area contributed by atoms with Crippen LogP contribution in [0, 0.1) is 5.41 Å². The molecule has 39 heavy (non-hydrogen) atoms. The van der Waals surface area contributed by atoms with Crippen molar-refractivity contribution in [1.29, 1.82) is 0 Å². The van der Waals surface area contributed by atoms with Gasteiger partial charge in [-0.1, -0.05) is 117 Å². The van der Waals surface area contributed by atoms with E-state index in [9.17, 15) is 35.9 Å². The van der Waals surface area contributed by atoms with Crippen LogP contribution in [0.4, 0.5) is 26.3 Å². The van der Waals surface area contributed by atoms with Crippen LogP contribution in [-0.2, 0) is 19.1 Å². The van der Waals surface area contributed by atoms with Gasteiger partial charge in [0.1, 0.15) is 0 Å². The van der Waals surface area contributed by atoms with E-state index < -0.39 is 42.2 Å². The fraction of sp³-hybridized carbons (Fsp3) is 0.931. The summed E-state index contributed by atoms with van der Waals surface area (Å²) in [4.78, 5) is 25.0. The van der Waals surface area contributed by atoms with Crippen LogP contribution in [0.3, 0.4) is 0 Å². The summed E-state index contributed by atoms with van der Waals surface area (Å²) in [5.41, 5.74) is -1.94. The maximum Gasteiger partial charge on any atom is 0.425 e. The van der Waals surface area contributed by atoms with Gasteiger partial charge in [0, 0.05) is 0 Å².